The zero-order chi connectivity index (χ0) is 16.1. The second-order valence-corrected chi connectivity index (χ2v) is 7.58. The summed E-state index contributed by atoms with van der Waals surface area (Å²) < 4.78 is 12.4. The minimum absolute atomic E-state index is 0.164. The summed E-state index contributed by atoms with van der Waals surface area (Å²) in [5.74, 6) is 2.08. The van der Waals surface area contributed by atoms with Gasteiger partial charge in [-0.25, -0.2) is 0 Å². The summed E-state index contributed by atoms with van der Waals surface area (Å²) in [4.78, 5) is 0. The van der Waals surface area contributed by atoms with Crippen molar-refractivity contribution in [3.05, 3.63) is 22.3 Å². The van der Waals surface area contributed by atoms with Crippen LogP contribution in [0.5, 0.6) is 11.5 Å². The predicted molar refractivity (Wildman–Crippen MR) is 87.8 cm³/mol. The first-order valence-electron chi connectivity index (χ1n) is 8.43. The molecule has 0 amide bonds. The van der Waals surface area contributed by atoms with Gasteiger partial charge in [0, 0.05) is 18.6 Å². The highest BCUT2D eigenvalue weighted by molar-refractivity contribution is 5.58. The molecular formula is C19H28O3. The first kappa shape index (κ1) is 15.7. The molecule has 122 valence electrons. The van der Waals surface area contributed by atoms with Crippen LogP contribution in [0.1, 0.15) is 55.4 Å². The molecule has 1 aromatic carbocycles. The molecule has 3 rings (SSSR count). The Kier molecular flexibility index (Phi) is 3.88. The summed E-state index contributed by atoms with van der Waals surface area (Å²) in [6.45, 7) is 11.3. The molecule has 1 saturated heterocycles. The Morgan fingerprint density at radius 3 is 2.55 bits per heavy atom. The molecule has 0 aliphatic carbocycles. The van der Waals surface area contributed by atoms with Crippen molar-refractivity contribution in [1.29, 1.82) is 0 Å². The molecule has 0 saturated carbocycles. The Balaban J connectivity index is 1.87. The van der Waals surface area contributed by atoms with Gasteiger partial charge in [0.15, 0.2) is 0 Å². The predicted octanol–water partition coefficient (Wildman–Crippen LogP) is 4.22. The normalized spacial score (nSPS) is 31.0. The topological polar surface area (TPSA) is 38.7 Å². The average Bonchev–Trinajstić information content (AvgIpc) is 2.87. The Labute approximate surface area is 133 Å². The minimum atomic E-state index is -0.164. The van der Waals surface area contributed by atoms with Gasteiger partial charge in [-0.3, -0.25) is 0 Å². The summed E-state index contributed by atoms with van der Waals surface area (Å²) in [7, 11) is 0. The SMILES string of the molecule is Cc1c(C)c2c(c(C)c1O)CCC(C)(CC1CC(C)CO1)O2. The number of ether oxygens (including phenoxy) is 2. The zero-order valence-corrected chi connectivity index (χ0v) is 14.5. The van der Waals surface area contributed by atoms with E-state index in [0.717, 1.165) is 54.7 Å². The first-order chi connectivity index (χ1) is 10.3. The molecule has 1 fully saturated rings. The van der Waals surface area contributed by atoms with Gasteiger partial charge in [0.1, 0.15) is 17.1 Å². The van der Waals surface area contributed by atoms with E-state index < -0.39 is 0 Å². The van der Waals surface area contributed by atoms with E-state index >= 15 is 0 Å². The molecule has 0 radical (unpaired) electrons. The monoisotopic (exact) mass is 304 g/mol. The van der Waals surface area contributed by atoms with Crippen LogP contribution in [0, 0.1) is 26.7 Å². The molecule has 3 nitrogen and oxygen atoms in total. The maximum Gasteiger partial charge on any atom is 0.127 e. The summed E-state index contributed by atoms with van der Waals surface area (Å²) >= 11 is 0. The average molecular weight is 304 g/mol. The van der Waals surface area contributed by atoms with E-state index in [1.807, 2.05) is 20.8 Å². The Bertz CT molecular complexity index is 593. The maximum atomic E-state index is 10.3. The van der Waals surface area contributed by atoms with Gasteiger partial charge in [-0.05, 0) is 69.6 Å². The van der Waals surface area contributed by atoms with Crippen LogP contribution in [-0.4, -0.2) is 23.4 Å². The molecule has 3 heteroatoms. The van der Waals surface area contributed by atoms with Crippen molar-refractivity contribution in [3.8, 4) is 11.5 Å². The molecule has 22 heavy (non-hydrogen) atoms. The van der Waals surface area contributed by atoms with Gasteiger partial charge in [-0.2, -0.15) is 0 Å². The van der Waals surface area contributed by atoms with Crippen molar-refractivity contribution in [1.82, 2.24) is 0 Å². The van der Waals surface area contributed by atoms with E-state index in [-0.39, 0.29) is 5.60 Å². The van der Waals surface area contributed by atoms with Gasteiger partial charge in [0.2, 0.25) is 0 Å². The number of phenols is 1. The number of fused-ring (bicyclic) bond motifs is 1. The standard InChI is InChI=1S/C19H28O3/c1-11-8-15(21-10-11)9-19(5)7-6-16-14(4)17(20)12(2)13(3)18(16)22-19/h11,15,20H,6-10H2,1-5H3. The van der Waals surface area contributed by atoms with Crippen LogP contribution in [0.15, 0.2) is 0 Å². The van der Waals surface area contributed by atoms with E-state index in [4.69, 9.17) is 9.47 Å². The maximum absolute atomic E-state index is 10.3. The second kappa shape index (κ2) is 5.45. The van der Waals surface area contributed by atoms with Crippen LogP contribution >= 0.6 is 0 Å². The molecular weight excluding hydrogens is 276 g/mol. The van der Waals surface area contributed by atoms with Crippen LogP contribution in [-0.2, 0) is 11.2 Å². The third-order valence-electron chi connectivity index (χ3n) is 5.53. The Hall–Kier alpha value is -1.22. The number of rotatable bonds is 2. The third kappa shape index (κ3) is 2.60. The molecule has 0 bridgehead atoms. The van der Waals surface area contributed by atoms with E-state index in [2.05, 4.69) is 13.8 Å². The van der Waals surface area contributed by atoms with Crippen molar-refractivity contribution < 1.29 is 14.6 Å². The molecule has 2 aliphatic rings. The molecule has 3 atom stereocenters. The lowest BCUT2D eigenvalue weighted by Gasteiger charge is -2.39. The van der Waals surface area contributed by atoms with Crippen LogP contribution in [0.4, 0.5) is 0 Å². The fraction of sp³-hybridized carbons (Fsp3) is 0.684. The summed E-state index contributed by atoms with van der Waals surface area (Å²) in [5.41, 5.74) is 4.00. The summed E-state index contributed by atoms with van der Waals surface area (Å²) in [6, 6.07) is 0. The van der Waals surface area contributed by atoms with Gasteiger partial charge < -0.3 is 14.6 Å². The molecule has 2 aliphatic heterocycles. The van der Waals surface area contributed by atoms with Gasteiger partial charge in [0.25, 0.3) is 0 Å². The highest BCUT2D eigenvalue weighted by atomic mass is 16.5. The van der Waals surface area contributed by atoms with Gasteiger partial charge in [0.05, 0.1) is 6.10 Å². The summed E-state index contributed by atoms with van der Waals surface area (Å²) in [5, 5.41) is 10.3. The molecule has 1 N–H and O–H groups in total. The van der Waals surface area contributed by atoms with Crippen LogP contribution in [0.2, 0.25) is 0 Å². The van der Waals surface area contributed by atoms with E-state index in [1.165, 1.54) is 5.56 Å². The molecule has 2 heterocycles. The van der Waals surface area contributed by atoms with Gasteiger partial charge in [-0.1, -0.05) is 6.92 Å². The highest BCUT2D eigenvalue weighted by Crippen LogP contribution is 2.45. The third-order valence-corrected chi connectivity index (χ3v) is 5.53. The Morgan fingerprint density at radius 2 is 1.91 bits per heavy atom. The lowest BCUT2D eigenvalue weighted by molar-refractivity contribution is -0.00271. The Morgan fingerprint density at radius 1 is 1.18 bits per heavy atom. The summed E-state index contributed by atoms with van der Waals surface area (Å²) in [6.07, 6.45) is 4.36. The fourth-order valence-electron chi connectivity index (χ4n) is 3.95. The van der Waals surface area contributed by atoms with Gasteiger partial charge in [-0.15, -0.1) is 0 Å². The second-order valence-electron chi connectivity index (χ2n) is 7.58. The van der Waals surface area contributed by atoms with Crippen molar-refractivity contribution in [2.24, 2.45) is 5.92 Å². The largest absolute Gasteiger partial charge is 0.507 e. The van der Waals surface area contributed by atoms with E-state index in [1.54, 1.807) is 0 Å². The van der Waals surface area contributed by atoms with Gasteiger partial charge >= 0.3 is 0 Å². The molecule has 3 unspecified atom stereocenters. The van der Waals surface area contributed by atoms with Crippen molar-refractivity contribution in [3.63, 3.8) is 0 Å². The lowest BCUT2D eigenvalue weighted by atomic mass is 9.84. The van der Waals surface area contributed by atoms with Crippen molar-refractivity contribution in [2.75, 3.05) is 6.61 Å². The fourth-order valence-corrected chi connectivity index (χ4v) is 3.95. The van der Waals surface area contributed by atoms with E-state index in [0.29, 0.717) is 17.8 Å². The number of benzene rings is 1. The van der Waals surface area contributed by atoms with E-state index in [9.17, 15) is 5.11 Å². The molecule has 0 spiro atoms. The number of hydrogen-bond acceptors (Lipinski definition) is 3. The number of hydrogen-bond donors (Lipinski definition) is 1. The first-order valence-corrected chi connectivity index (χ1v) is 8.43. The van der Waals surface area contributed by atoms with Crippen LogP contribution < -0.4 is 4.74 Å². The van der Waals surface area contributed by atoms with Crippen LogP contribution in [0.3, 0.4) is 0 Å². The molecule has 1 aromatic rings. The number of aromatic hydroxyl groups is 1. The van der Waals surface area contributed by atoms with Crippen molar-refractivity contribution >= 4 is 0 Å². The smallest absolute Gasteiger partial charge is 0.127 e. The molecule has 0 aromatic heterocycles. The minimum Gasteiger partial charge on any atom is -0.507 e. The van der Waals surface area contributed by atoms with Crippen molar-refractivity contribution in [2.45, 2.75) is 72.0 Å². The lowest BCUT2D eigenvalue weighted by Crippen LogP contribution is -2.40. The zero-order valence-electron chi connectivity index (χ0n) is 14.5. The highest BCUT2D eigenvalue weighted by Gasteiger charge is 2.38. The quantitative estimate of drug-likeness (QED) is 0.889. The van der Waals surface area contributed by atoms with Crippen LogP contribution in [0.25, 0.3) is 0 Å². The number of phenolic OH excluding ortho intramolecular Hbond substituents is 1.